The molecule has 6 nitrogen and oxygen atoms in total. The van der Waals surface area contributed by atoms with Crippen LogP contribution in [0.3, 0.4) is 0 Å². The van der Waals surface area contributed by atoms with Crippen molar-refractivity contribution in [2.45, 2.75) is 64.2 Å². The molecule has 0 aliphatic carbocycles. The average Bonchev–Trinajstić information content (AvgIpc) is 3.35. The maximum atomic E-state index is 12.4. The van der Waals surface area contributed by atoms with Gasteiger partial charge in [-0.2, -0.15) is 0 Å². The fraction of sp³-hybridized carbons (Fsp3) is 0.478. The molecule has 2 heterocycles. The highest BCUT2D eigenvalue weighted by Gasteiger charge is 2.32. The highest BCUT2D eigenvalue weighted by atomic mass is 32.1. The Labute approximate surface area is 181 Å². The van der Waals surface area contributed by atoms with Crippen molar-refractivity contribution in [2.75, 3.05) is 11.5 Å². The predicted molar refractivity (Wildman–Crippen MR) is 117 cm³/mol. The van der Waals surface area contributed by atoms with Crippen molar-refractivity contribution in [3.8, 4) is 0 Å². The van der Waals surface area contributed by atoms with E-state index in [1.165, 1.54) is 11.3 Å². The first-order valence-electron chi connectivity index (χ1n) is 10.5. The summed E-state index contributed by atoms with van der Waals surface area (Å²) < 4.78 is 5.69. The van der Waals surface area contributed by atoms with Gasteiger partial charge in [-0.05, 0) is 55.5 Å². The van der Waals surface area contributed by atoms with E-state index in [2.05, 4.69) is 6.92 Å². The molecule has 2 atom stereocenters. The van der Waals surface area contributed by atoms with Gasteiger partial charge < -0.3 is 14.9 Å². The van der Waals surface area contributed by atoms with Gasteiger partial charge in [-0.25, -0.2) is 4.79 Å². The maximum absolute atomic E-state index is 12.4. The molecule has 1 aromatic carbocycles. The van der Waals surface area contributed by atoms with E-state index < -0.39 is 12.1 Å². The molecule has 0 unspecified atom stereocenters. The first kappa shape index (κ1) is 22.5. The lowest BCUT2D eigenvalue weighted by Crippen LogP contribution is -2.33. The molecule has 7 heteroatoms. The summed E-state index contributed by atoms with van der Waals surface area (Å²) in [7, 11) is 0. The number of thiophene rings is 1. The quantitative estimate of drug-likeness (QED) is 0.500. The fourth-order valence-electron chi connectivity index (χ4n) is 3.68. The number of aliphatic hydroxyl groups excluding tert-OH is 1. The number of carbonyl (C=O) groups excluding carboxylic acids is 1. The zero-order valence-electron chi connectivity index (χ0n) is 17.3. The number of carboxylic acid groups (broad SMARTS) is 1. The highest BCUT2D eigenvalue weighted by Crippen LogP contribution is 2.29. The Balaban J connectivity index is 1.56. The molecule has 2 aromatic rings. The van der Waals surface area contributed by atoms with Crippen LogP contribution in [0, 0.1) is 0 Å². The number of aromatic carboxylic acids is 1. The van der Waals surface area contributed by atoms with Crippen LogP contribution in [-0.2, 0) is 16.0 Å². The number of unbranched alkanes of at least 4 members (excludes halogenated alkanes) is 2. The second-order valence-corrected chi connectivity index (χ2v) is 8.76. The fourth-order valence-corrected chi connectivity index (χ4v) is 4.57. The van der Waals surface area contributed by atoms with Crippen LogP contribution in [0.25, 0.3) is 0 Å². The van der Waals surface area contributed by atoms with Gasteiger partial charge in [-0.3, -0.25) is 9.69 Å². The van der Waals surface area contributed by atoms with Crippen LogP contribution in [0.4, 0.5) is 5.69 Å². The number of rotatable bonds is 11. The van der Waals surface area contributed by atoms with Gasteiger partial charge in [0.05, 0.1) is 6.10 Å². The van der Waals surface area contributed by atoms with E-state index in [0.717, 1.165) is 54.7 Å². The summed E-state index contributed by atoms with van der Waals surface area (Å²) in [6.45, 7) is 2.20. The number of hydrogen-bond acceptors (Lipinski definition) is 5. The first-order valence-corrected chi connectivity index (χ1v) is 11.3. The number of hydrogen-bond donors (Lipinski definition) is 2. The van der Waals surface area contributed by atoms with Crippen molar-refractivity contribution in [1.82, 2.24) is 0 Å². The molecule has 2 N–H and O–H groups in total. The zero-order valence-corrected chi connectivity index (χ0v) is 18.1. The first-order chi connectivity index (χ1) is 14.5. The lowest BCUT2D eigenvalue weighted by Gasteiger charge is -2.23. The number of carbonyl (C=O) groups is 2. The average molecular weight is 432 g/mol. The number of aliphatic hydroxyl groups is 1. The van der Waals surface area contributed by atoms with Crippen LogP contribution in [-0.4, -0.2) is 34.9 Å². The molecule has 0 saturated carbocycles. The minimum atomic E-state index is -0.902. The van der Waals surface area contributed by atoms with Crippen LogP contribution in [0.5, 0.6) is 0 Å². The molecule has 1 aliphatic heterocycles. The topological polar surface area (TPSA) is 87.1 Å². The smallest absolute Gasteiger partial charge is 0.345 e. The molecule has 0 spiro atoms. The van der Waals surface area contributed by atoms with Crippen molar-refractivity contribution in [2.24, 2.45) is 0 Å². The van der Waals surface area contributed by atoms with Crippen molar-refractivity contribution < 1.29 is 24.5 Å². The summed E-state index contributed by atoms with van der Waals surface area (Å²) in [6, 6.07) is 11.0. The Morgan fingerprint density at radius 2 is 1.97 bits per heavy atom. The van der Waals surface area contributed by atoms with Crippen molar-refractivity contribution in [1.29, 1.82) is 0 Å². The van der Waals surface area contributed by atoms with Gasteiger partial charge in [0.2, 0.25) is 0 Å². The Bertz CT molecular complexity index is 848. The Hall–Kier alpha value is -2.22. The van der Waals surface area contributed by atoms with Crippen molar-refractivity contribution in [3.63, 3.8) is 0 Å². The maximum Gasteiger partial charge on any atom is 0.345 e. The molecule has 1 fully saturated rings. The van der Waals surface area contributed by atoms with E-state index in [9.17, 15) is 14.7 Å². The number of carboxylic acids is 1. The standard InChI is InChI=1S/C23H29NO5S/c1-2-3-4-7-19(25)16-9-11-17(12-10-16)24-21(26)15-29-22(24)8-5-6-18-13-14-20(30-18)23(27)28/h9-14,19,22,25H,2-8,15H2,1H3,(H,27,28)/t19-,22-/m1/s1. The van der Waals surface area contributed by atoms with Crippen molar-refractivity contribution in [3.05, 3.63) is 51.7 Å². The van der Waals surface area contributed by atoms with Gasteiger partial charge >= 0.3 is 5.97 Å². The number of amides is 1. The summed E-state index contributed by atoms with van der Waals surface area (Å²) in [4.78, 5) is 26.4. The van der Waals surface area contributed by atoms with Crippen LogP contribution in [0.2, 0.25) is 0 Å². The monoisotopic (exact) mass is 431 g/mol. The largest absolute Gasteiger partial charge is 0.477 e. The van der Waals surface area contributed by atoms with Gasteiger partial charge in [0.15, 0.2) is 0 Å². The highest BCUT2D eigenvalue weighted by molar-refractivity contribution is 7.13. The van der Waals surface area contributed by atoms with Gasteiger partial charge in [-0.15, -0.1) is 11.3 Å². The number of anilines is 1. The molecule has 30 heavy (non-hydrogen) atoms. The summed E-state index contributed by atoms with van der Waals surface area (Å²) in [5.41, 5.74) is 1.64. The summed E-state index contributed by atoms with van der Waals surface area (Å²) in [6.07, 6.45) is 5.39. The van der Waals surface area contributed by atoms with Crippen LogP contribution in [0.15, 0.2) is 36.4 Å². The van der Waals surface area contributed by atoms with E-state index in [1.54, 1.807) is 11.0 Å². The summed E-state index contributed by atoms with van der Waals surface area (Å²) >= 11 is 1.29. The Kier molecular flexibility index (Phi) is 8.01. The SMILES string of the molecule is CCCCC[C@@H](O)c1ccc(N2C(=O)CO[C@@H]2CCCc2ccc(C(=O)O)s2)cc1. The van der Waals surface area contributed by atoms with Gasteiger partial charge in [0, 0.05) is 10.6 Å². The number of benzene rings is 1. The second kappa shape index (κ2) is 10.7. The van der Waals surface area contributed by atoms with Crippen LogP contribution < -0.4 is 4.90 Å². The molecule has 1 saturated heterocycles. The molecule has 162 valence electrons. The molecule has 3 rings (SSSR count). The molecule has 0 bridgehead atoms. The lowest BCUT2D eigenvalue weighted by molar-refractivity contribution is -0.117. The van der Waals surface area contributed by atoms with E-state index >= 15 is 0 Å². The number of nitrogens with zero attached hydrogens (tertiary/aromatic N) is 1. The molecule has 1 aliphatic rings. The number of ether oxygens (including phenoxy) is 1. The van der Waals surface area contributed by atoms with Crippen molar-refractivity contribution >= 4 is 28.9 Å². The number of aryl methyl sites for hydroxylation is 1. The predicted octanol–water partition coefficient (Wildman–Crippen LogP) is 4.77. The summed E-state index contributed by atoms with van der Waals surface area (Å²) in [5, 5.41) is 19.4. The molecule has 1 amide bonds. The minimum absolute atomic E-state index is 0.0637. The van der Waals surface area contributed by atoms with E-state index in [0.29, 0.717) is 11.3 Å². The van der Waals surface area contributed by atoms with E-state index in [-0.39, 0.29) is 18.7 Å². The normalized spacial score (nSPS) is 17.5. The second-order valence-electron chi connectivity index (χ2n) is 7.60. The van der Waals surface area contributed by atoms with Gasteiger partial charge in [0.1, 0.15) is 17.7 Å². The van der Waals surface area contributed by atoms with E-state index in [1.807, 2.05) is 30.3 Å². The lowest BCUT2D eigenvalue weighted by atomic mass is 10.0. The zero-order chi connectivity index (χ0) is 21.5. The molecule has 0 radical (unpaired) electrons. The third-order valence-corrected chi connectivity index (χ3v) is 6.47. The van der Waals surface area contributed by atoms with Crippen LogP contribution in [0.1, 0.15) is 71.7 Å². The van der Waals surface area contributed by atoms with Gasteiger partial charge in [0.25, 0.3) is 5.91 Å². The van der Waals surface area contributed by atoms with Crippen LogP contribution >= 0.6 is 11.3 Å². The third kappa shape index (κ3) is 5.68. The molecule has 1 aromatic heterocycles. The Morgan fingerprint density at radius 1 is 1.20 bits per heavy atom. The molecular weight excluding hydrogens is 402 g/mol. The molecular formula is C23H29NO5S. The third-order valence-electron chi connectivity index (χ3n) is 5.34. The minimum Gasteiger partial charge on any atom is -0.477 e. The van der Waals surface area contributed by atoms with E-state index in [4.69, 9.17) is 9.84 Å². The Morgan fingerprint density at radius 3 is 2.63 bits per heavy atom. The van der Waals surface area contributed by atoms with Gasteiger partial charge in [-0.1, -0.05) is 38.3 Å². The summed E-state index contributed by atoms with van der Waals surface area (Å²) in [5.74, 6) is -0.971.